The number of rotatable bonds is 8. The summed E-state index contributed by atoms with van der Waals surface area (Å²) in [5.41, 5.74) is 0.368. The maximum Gasteiger partial charge on any atom is 0.323 e. The first kappa shape index (κ1) is 15.8. The van der Waals surface area contributed by atoms with Crippen molar-refractivity contribution in [2.75, 3.05) is 6.61 Å². The molecule has 0 aliphatic heterocycles. The zero-order valence-electron chi connectivity index (χ0n) is 13.1. The van der Waals surface area contributed by atoms with Crippen LogP contribution < -0.4 is 10.1 Å². The van der Waals surface area contributed by atoms with Gasteiger partial charge in [0.1, 0.15) is 11.3 Å². The summed E-state index contributed by atoms with van der Waals surface area (Å²) in [7, 11) is 0. The van der Waals surface area contributed by atoms with Crippen LogP contribution in [0.2, 0.25) is 0 Å². The lowest BCUT2D eigenvalue weighted by molar-refractivity contribution is -0.144. The number of hydrogen-bond acceptors (Lipinski definition) is 3. The first-order chi connectivity index (χ1) is 9.90. The second-order valence-corrected chi connectivity index (χ2v) is 6.38. The van der Waals surface area contributed by atoms with E-state index < -0.39 is 11.5 Å². The number of benzene rings is 1. The molecule has 1 aliphatic rings. The van der Waals surface area contributed by atoms with Crippen LogP contribution in [0.4, 0.5) is 0 Å². The number of nitrogens with one attached hydrogen (secondary N) is 1. The minimum absolute atomic E-state index is 0.358. The summed E-state index contributed by atoms with van der Waals surface area (Å²) in [5, 5.41) is 12.6. The Kier molecular flexibility index (Phi) is 4.88. The largest absolute Gasteiger partial charge is 0.494 e. The Morgan fingerprint density at radius 1 is 1.38 bits per heavy atom. The van der Waals surface area contributed by atoms with E-state index in [1.54, 1.807) is 6.92 Å². The highest BCUT2D eigenvalue weighted by atomic mass is 16.5. The van der Waals surface area contributed by atoms with Gasteiger partial charge in [-0.25, -0.2) is 0 Å². The average molecular weight is 291 g/mol. The molecule has 4 nitrogen and oxygen atoms in total. The van der Waals surface area contributed by atoms with Crippen molar-refractivity contribution in [1.82, 2.24) is 5.32 Å². The smallest absolute Gasteiger partial charge is 0.323 e. The maximum absolute atomic E-state index is 11.4. The number of carboxylic acids is 1. The monoisotopic (exact) mass is 291 g/mol. The maximum atomic E-state index is 11.4. The van der Waals surface area contributed by atoms with Crippen molar-refractivity contribution >= 4 is 5.97 Å². The highest BCUT2D eigenvalue weighted by Gasteiger charge is 2.38. The number of carboxylic acid groups (broad SMARTS) is 1. The molecule has 2 rings (SSSR count). The summed E-state index contributed by atoms with van der Waals surface area (Å²) in [4.78, 5) is 11.4. The predicted molar refractivity (Wildman–Crippen MR) is 82.8 cm³/mol. The third-order valence-electron chi connectivity index (χ3n) is 3.99. The molecule has 1 atom stereocenters. The van der Waals surface area contributed by atoms with E-state index in [2.05, 4.69) is 31.3 Å². The van der Waals surface area contributed by atoms with Crippen molar-refractivity contribution in [3.63, 3.8) is 0 Å². The number of ether oxygens (including phenoxy) is 1. The molecule has 116 valence electrons. The lowest BCUT2D eigenvalue weighted by Gasteiger charge is -2.26. The van der Waals surface area contributed by atoms with Gasteiger partial charge in [-0.05, 0) is 43.4 Å². The van der Waals surface area contributed by atoms with Gasteiger partial charge in [0.2, 0.25) is 0 Å². The van der Waals surface area contributed by atoms with Crippen LogP contribution in [0.5, 0.6) is 5.75 Å². The summed E-state index contributed by atoms with van der Waals surface area (Å²) >= 11 is 0. The third kappa shape index (κ3) is 4.46. The fourth-order valence-corrected chi connectivity index (χ4v) is 2.24. The summed E-state index contributed by atoms with van der Waals surface area (Å²) in [5.74, 6) is 0.476. The Balaban J connectivity index is 1.85. The van der Waals surface area contributed by atoms with E-state index in [4.69, 9.17) is 4.74 Å². The van der Waals surface area contributed by atoms with Crippen LogP contribution in [0.1, 0.15) is 51.5 Å². The lowest BCUT2D eigenvalue weighted by Crippen LogP contribution is -2.51. The molecule has 0 radical (unpaired) electrons. The molecule has 0 heterocycles. The molecule has 1 fully saturated rings. The summed E-state index contributed by atoms with van der Waals surface area (Å²) in [6.07, 6.45) is 2.59. The molecule has 21 heavy (non-hydrogen) atoms. The molecule has 1 unspecified atom stereocenters. The second kappa shape index (κ2) is 6.48. The molecule has 0 amide bonds. The quantitative estimate of drug-likeness (QED) is 0.772. The van der Waals surface area contributed by atoms with Crippen LogP contribution in [-0.2, 0) is 4.79 Å². The van der Waals surface area contributed by atoms with E-state index in [0.29, 0.717) is 25.0 Å². The van der Waals surface area contributed by atoms with Gasteiger partial charge in [0.15, 0.2) is 0 Å². The third-order valence-corrected chi connectivity index (χ3v) is 3.99. The average Bonchev–Trinajstić information content (AvgIpc) is 3.23. The predicted octanol–water partition coefficient (Wildman–Crippen LogP) is 3.17. The van der Waals surface area contributed by atoms with E-state index in [-0.39, 0.29) is 0 Å². The topological polar surface area (TPSA) is 58.6 Å². The van der Waals surface area contributed by atoms with Crippen LogP contribution in [0.3, 0.4) is 0 Å². The zero-order chi connectivity index (χ0) is 15.5. The van der Waals surface area contributed by atoms with Crippen molar-refractivity contribution in [3.8, 4) is 5.75 Å². The van der Waals surface area contributed by atoms with E-state index in [1.165, 1.54) is 5.56 Å². The normalized spacial score (nSPS) is 17.5. The minimum Gasteiger partial charge on any atom is -0.494 e. The van der Waals surface area contributed by atoms with Gasteiger partial charge in [0.25, 0.3) is 0 Å². The van der Waals surface area contributed by atoms with Crippen LogP contribution in [0.25, 0.3) is 0 Å². The Labute approximate surface area is 126 Å². The summed E-state index contributed by atoms with van der Waals surface area (Å²) in [6, 6.07) is 8.36. The van der Waals surface area contributed by atoms with E-state index >= 15 is 0 Å². The molecule has 0 spiro atoms. The Morgan fingerprint density at radius 3 is 2.48 bits per heavy atom. The van der Waals surface area contributed by atoms with Gasteiger partial charge in [0, 0.05) is 12.5 Å². The first-order valence-corrected chi connectivity index (χ1v) is 7.64. The molecule has 0 aromatic heterocycles. The van der Waals surface area contributed by atoms with E-state index in [9.17, 15) is 9.90 Å². The standard InChI is InChI=1S/C17H25NO3/c1-12(2)13-4-8-15(9-5-13)21-11-10-17(3,16(19)20)18-14-6-7-14/h4-5,8-9,12,14,18H,6-7,10-11H2,1-3H3,(H,19,20). The van der Waals surface area contributed by atoms with Crippen molar-refractivity contribution in [2.24, 2.45) is 0 Å². The summed E-state index contributed by atoms with van der Waals surface area (Å²) < 4.78 is 5.69. The van der Waals surface area contributed by atoms with Crippen LogP contribution in [0, 0.1) is 0 Å². The van der Waals surface area contributed by atoms with Gasteiger partial charge in [-0.15, -0.1) is 0 Å². The van der Waals surface area contributed by atoms with Crippen molar-refractivity contribution < 1.29 is 14.6 Å². The van der Waals surface area contributed by atoms with Gasteiger partial charge in [-0.3, -0.25) is 10.1 Å². The van der Waals surface area contributed by atoms with Crippen LogP contribution in [-0.4, -0.2) is 29.3 Å². The van der Waals surface area contributed by atoms with Gasteiger partial charge >= 0.3 is 5.97 Å². The number of carbonyl (C=O) groups is 1. The minimum atomic E-state index is -0.904. The summed E-state index contributed by atoms with van der Waals surface area (Å²) in [6.45, 7) is 6.43. The van der Waals surface area contributed by atoms with Gasteiger partial charge < -0.3 is 9.84 Å². The van der Waals surface area contributed by atoms with Gasteiger partial charge in [-0.2, -0.15) is 0 Å². The SMILES string of the molecule is CC(C)c1ccc(OCCC(C)(NC2CC2)C(=O)O)cc1. The molecule has 0 saturated heterocycles. The molecular weight excluding hydrogens is 266 g/mol. The molecule has 1 aromatic carbocycles. The molecule has 2 N–H and O–H groups in total. The van der Waals surface area contributed by atoms with E-state index in [0.717, 1.165) is 18.6 Å². The first-order valence-electron chi connectivity index (χ1n) is 7.64. The van der Waals surface area contributed by atoms with Gasteiger partial charge in [-0.1, -0.05) is 26.0 Å². The zero-order valence-corrected chi connectivity index (χ0v) is 13.1. The Hall–Kier alpha value is -1.55. The lowest BCUT2D eigenvalue weighted by atomic mass is 9.98. The van der Waals surface area contributed by atoms with Crippen LogP contribution in [0.15, 0.2) is 24.3 Å². The fraction of sp³-hybridized carbons (Fsp3) is 0.588. The highest BCUT2D eigenvalue weighted by molar-refractivity contribution is 5.78. The molecule has 1 aromatic rings. The molecule has 1 aliphatic carbocycles. The van der Waals surface area contributed by atoms with Crippen molar-refractivity contribution in [1.29, 1.82) is 0 Å². The molecular formula is C17H25NO3. The van der Waals surface area contributed by atoms with Crippen molar-refractivity contribution in [3.05, 3.63) is 29.8 Å². The number of hydrogen-bond donors (Lipinski definition) is 2. The number of aliphatic carboxylic acids is 1. The molecule has 1 saturated carbocycles. The second-order valence-electron chi connectivity index (χ2n) is 6.38. The molecule has 4 heteroatoms. The van der Waals surface area contributed by atoms with Crippen molar-refractivity contribution in [2.45, 2.75) is 57.5 Å². The Morgan fingerprint density at radius 2 is 2.00 bits per heavy atom. The van der Waals surface area contributed by atoms with Crippen LogP contribution >= 0.6 is 0 Å². The molecule has 0 bridgehead atoms. The van der Waals surface area contributed by atoms with E-state index in [1.807, 2.05) is 12.1 Å². The fourth-order valence-electron chi connectivity index (χ4n) is 2.24. The van der Waals surface area contributed by atoms with Gasteiger partial charge in [0.05, 0.1) is 6.61 Å². The Bertz CT molecular complexity index is 479. The highest BCUT2D eigenvalue weighted by Crippen LogP contribution is 2.25.